The van der Waals surface area contributed by atoms with Crippen molar-refractivity contribution < 1.29 is 14.0 Å². The Morgan fingerprint density at radius 2 is 2.10 bits per heavy atom. The molecule has 0 saturated carbocycles. The second kappa shape index (κ2) is 6.14. The maximum absolute atomic E-state index is 13.9. The van der Waals surface area contributed by atoms with Crippen LogP contribution in [0.2, 0.25) is 0 Å². The van der Waals surface area contributed by atoms with Gasteiger partial charge in [-0.1, -0.05) is 23.8 Å². The maximum atomic E-state index is 13.9. The van der Waals surface area contributed by atoms with E-state index in [1.165, 1.54) is 0 Å². The van der Waals surface area contributed by atoms with E-state index in [4.69, 9.17) is 10.9 Å². The number of hydrogen-bond acceptors (Lipinski definition) is 6. The predicted octanol–water partition coefficient (Wildman–Crippen LogP) is 2.62. The molecule has 2 rings (SSSR count). The highest BCUT2D eigenvalue weighted by Crippen LogP contribution is 2.33. The third-order valence-electron chi connectivity index (χ3n) is 2.36. The molecule has 2 aromatic rings. The zero-order valence-electron chi connectivity index (χ0n) is 10.3. The van der Waals surface area contributed by atoms with Crippen molar-refractivity contribution in [1.29, 1.82) is 0 Å². The highest BCUT2D eigenvalue weighted by atomic mass is 32.2. The molecule has 20 heavy (non-hydrogen) atoms. The molecule has 5 nitrogen and oxygen atoms in total. The van der Waals surface area contributed by atoms with Crippen LogP contribution in [0.4, 0.5) is 8.78 Å². The number of aryl methyl sites for hydroxylation is 1. The molecule has 0 radical (unpaired) electrons. The minimum atomic E-state index is -0.801. The van der Waals surface area contributed by atoms with Gasteiger partial charge >= 0.3 is 0 Å². The fraction of sp³-hybridized carbons (Fsp3) is 0.182. The van der Waals surface area contributed by atoms with Gasteiger partial charge in [-0.2, -0.15) is 4.37 Å². The number of benzene rings is 1. The third kappa shape index (κ3) is 3.05. The first-order valence-electron chi connectivity index (χ1n) is 5.52. The zero-order chi connectivity index (χ0) is 14.7. The van der Waals surface area contributed by atoms with Gasteiger partial charge in [0.05, 0.1) is 4.90 Å². The lowest BCUT2D eigenvalue weighted by molar-refractivity contribution is 0.318. The van der Waals surface area contributed by atoms with Gasteiger partial charge in [0.15, 0.2) is 10.2 Å². The van der Waals surface area contributed by atoms with Gasteiger partial charge in [-0.25, -0.2) is 13.8 Å². The molecular weight excluding hydrogens is 306 g/mol. The van der Waals surface area contributed by atoms with Gasteiger partial charge in [0.1, 0.15) is 17.5 Å². The standard InChI is InChI=1S/C11H10F2N4OS2/c1-2-8-15-11(20-17-8)19-9-6(12)3-5(4-7(9)13)10(14)16-18/h3-4,18H,2H2,1H3,(H2,14,16). The summed E-state index contributed by atoms with van der Waals surface area (Å²) in [5, 5.41) is 11.2. The highest BCUT2D eigenvalue weighted by Gasteiger charge is 2.16. The van der Waals surface area contributed by atoms with Crippen molar-refractivity contribution in [2.45, 2.75) is 22.6 Å². The minimum Gasteiger partial charge on any atom is -0.409 e. The second-order valence-corrected chi connectivity index (χ2v) is 5.70. The van der Waals surface area contributed by atoms with E-state index in [2.05, 4.69) is 14.5 Å². The molecule has 1 heterocycles. The number of nitrogens with zero attached hydrogens (tertiary/aromatic N) is 3. The number of halogens is 2. The largest absolute Gasteiger partial charge is 0.409 e. The predicted molar refractivity (Wildman–Crippen MR) is 72.3 cm³/mol. The van der Waals surface area contributed by atoms with Crippen LogP contribution in [0.3, 0.4) is 0 Å². The molecule has 9 heteroatoms. The Morgan fingerprint density at radius 1 is 1.45 bits per heavy atom. The van der Waals surface area contributed by atoms with Crippen LogP contribution in [-0.4, -0.2) is 20.4 Å². The number of hydrogen-bond donors (Lipinski definition) is 2. The highest BCUT2D eigenvalue weighted by molar-refractivity contribution is 8.01. The Balaban J connectivity index is 2.33. The third-order valence-corrected chi connectivity index (χ3v) is 4.24. The quantitative estimate of drug-likeness (QED) is 0.392. The lowest BCUT2D eigenvalue weighted by atomic mass is 10.2. The van der Waals surface area contributed by atoms with Gasteiger partial charge in [0.2, 0.25) is 0 Å². The van der Waals surface area contributed by atoms with Gasteiger partial charge in [0, 0.05) is 12.0 Å². The number of amidine groups is 1. The Hall–Kier alpha value is -1.74. The Bertz CT molecular complexity index is 637. The molecule has 0 saturated heterocycles. The molecule has 106 valence electrons. The SMILES string of the molecule is CCc1nsc(Sc2c(F)cc(C(N)=NO)cc2F)n1. The first kappa shape index (κ1) is 14.7. The van der Waals surface area contributed by atoms with Crippen LogP contribution in [0.5, 0.6) is 0 Å². The normalized spacial score (nSPS) is 11.8. The monoisotopic (exact) mass is 316 g/mol. The van der Waals surface area contributed by atoms with Crippen molar-refractivity contribution in [2.24, 2.45) is 10.9 Å². The Kier molecular flexibility index (Phi) is 4.50. The molecule has 0 bridgehead atoms. The minimum absolute atomic E-state index is 0.0293. The molecule has 1 aromatic heterocycles. The summed E-state index contributed by atoms with van der Waals surface area (Å²) >= 11 is 1.94. The van der Waals surface area contributed by atoms with Crippen LogP contribution in [0.15, 0.2) is 26.5 Å². The van der Waals surface area contributed by atoms with Gasteiger partial charge < -0.3 is 10.9 Å². The number of rotatable bonds is 4. The van der Waals surface area contributed by atoms with Gasteiger partial charge in [-0.3, -0.25) is 0 Å². The summed E-state index contributed by atoms with van der Waals surface area (Å²) in [5.74, 6) is -1.33. The lowest BCUT2D eigenvalue weighted by Crippen LogP contribution is -2.14. The molecule has 0 fully saturated rings. The summed E-state index contributed by atoms with van der Waals surface area (Å²) in [6.07, 6.45) is 0.657. The van der Waals surface area contributed by atoms with Crippen molar-refractivity contribution >= 4 is 29.1 Å². The molecule has 1 aromatic carbocycles. The first-order chi connectivity index (χ1) is 9.55. The summed E-state index contributed by atoms with van der Waals surface area (Å²) in [4.78, 5) is 3.93. The molecule has 0 spiro atoms. The summed E-state index contributed by atoms with van der Waals surface area (Å²) in [6.45, 7) is 1.89. The van der Waals surface area contributed by atoms with E-state index in [0.29, 0.717) is 16.6 Å². The Morgan fingerprint density at radius 3 is 2.60 bits per heavy atom. The molecule has 3 N–H and O–H groups in total. The molecule has 0 aliphatic carbocycles. The van der Waals surface area contributed by atoms with Crippen molar-refractivity contribution in [2.75, 3.05) is 0 Å². The van der Waals surface area contributed by atoms with Crippen LogP contribution in [0, 0.1) is 11.6 Å². The fourth-order valence-electron chi connectivity index (χ4n) is 1.37. The van der Waals surface area contributed by atoms with Gasteiger partial charge in [-0.15, -0.1) is 0 Å². The number of nitrogens with two attached hydrogens (primary N) is 1. The average Bonchev–Trinajstić information content (AvgIpc) is 2.89. The molecule has 0 amide bonds. The summed E-state index contributed by atoms with van der Waals surface area (Å²) in [5.41, 5.74) is 5.27. The maximum Gasteiger partial charge on any atom is 0.175 e. The average molecular weight is 316 g/mol. The molecule has 0 aliphatic heterocycles. The van der Waals surface area contributed by atoms with E-state index in [9.17, 15) is 8.78 Å². The van der Waals surface area contributed by atoms with E-state index in [1.54, 1.807) is 0 Å². The first-order valence-corrected chi connectivity index (χ1v) is 7.11. The summed E-state index contributed by atoms with van der Waals surface area (Å²) in [6, 6.07) is 2.00. The lowest BCUT2D eigenvalue weighted by Gasteiger charge is -2.05. The zero-order valence-corrected chi connectivity index (χ0v) is 11.9. The smallest absolute Gasteiger partial charge is 0.175 e. The van der Waals surface area contributed by atoms with Crippen LogP contribution in [0.1, 0.15) is 18.3 Å². The van der Waals surface area contributed by atoms with Crippen LogP contribution in [-0.2, 0) is 6.42 Å². The van der Waals surface area contributed by atoms with Crippen LogP contribution < -0.4 is 5.73 Å². The van der Waals surface area contributed by atoms with E-state index in [1.807, 2.05) is 6.92 Å². The second-order valence-electron chi connectivity index (χ2n) is 3.69. The van der Waals surface area contributed by atoms with Crippen LogP contribution in [0.25, 0.3) is 0 Å². The van der Waals surface area contributed by atoms with Crippen molar-refractivity contribution in [3.05, 3.63) is 35.2 Å². The van der Waals surface area contributed by atoms with Crippen molar-refractivity contribution in [3.63, 3.8) is 0 Å². The van der Waals surface area contributed by atoms with Crippen molar-refractivity contribution in [3.8, 4) is 0 Å². The molecule has 0 unspecified atom stereocenters. The van der Waals surface area contributed by atoms with Gasteiger partial charge in [-0.05, 0) is 23.7 Å². The van der Waals surface area contributed by atoms with E-state index >= 15 is 0 Å². The number of aromatic nitrogens is 2. The molecular formula is C11H10F2N4OS2. The molecule has 0 atom stereocenters. The molecule has 0 aliphatic rings. The fourth-order valence-corrected chi connectivity index (χ4v) is 3.02. The van der Waals surface area contributed by atoms with E-state index < -0.39 is 11.6 Å². The topological polar surface area (TPSA) is 84.4 Å². The van der Waals surface area contributed by atoms with Crippen LogP contribution >= 0.6 is 23.3 Å². The number of oxime groups is 1. The Labute approximate surface area is 121 Å². The summed E-state index contributed by atoms with van der Waals surface area (Å²) < 4.78 is 32.3. The summed E-state index contributed by atoms with van der Waals surface area (Å²) in [7, 11) is 0. The van der Waals surface area contributed by atoms with E-state index in [-0.39, 0.29) is 16.3 Å². The van der Waals surface area contributed by atoms with Gasteiger partial charge in [0.25, 0.3) is 0 Å². The van der Waals surface area contributed by atoms with Crippen molar-refractivity contribution in [1.82, 2.24) is 9.36 Å². The van der Waals surface area contributed by atoms with E-state index in [0.717, 1.165) is 35.4 Å².